The molecule has 0 saturated heterocycles. The third-order valence-corrected chi connectivity index (χ3v) is 11.0. The Balaban J connectivity index is 1.29. The maximum absolute atomic E-state index is 7.72. The molecular weight excluding hydrogens is 618 g/mol. The molecule has 3 nitrogen and oxygen atoms in total. The van der Waals surface area contributed by atoms with Gasteiger partial charge in [0, 0.05) is 27.1 Å². The molecule has 0 spiro atoms. The van der Waals surface area contributed by atoms with Gasteiger partial charge in [-0.1, -0.05) is 129 Å². The van der Waals surface area contributed by atoms with Crippen molar-refractivity contribution in [3.63, 3.8) is 0 Å². The minimum absolute atomic E-state index is 0.119. The number of nitrogens with zero attached hydrogens (tertiary/aromatic N) is 3. The summed E-state index contributed by atoms with van der Waals surface area (Å²) in [7, 11) is 0. The zero-order valence-electron chi connectivity index (χ0n) is 27.5. The normalized spacial score (nSPS) is 13.5. The van der Waals surface area contributed by atoms with E-state index in [-0.39, 0.29) is 5.41 Å². The highest BCUT2D eigenvalue weighted by Crippen LogP contribution is 2.51. The number of aryl methyl sites for hydroxylation is 1. The van der Waals surface area contributed by atoms with Crippen molar-refractivity contribution in [3.8, 4) is 33.9 Å². The van der Waals surface area contributed by atoms with Crippen molar-refractivity contribution in [1.82, 2.24) is 14.1 Å². The van der Waals surface area contributed by atoms with E-state index in [9.17, 15) is 0 Å². The van der Waals surface area contributed by atoms with Crippen molar-refractivity contribution in [2.24, 2.45) is 0 Å². The summed E-state index contributed by atoms with van der Waals surface area (Å²) in [6.45, 7) is 6.84. The summed E-state index contributed by atoms with van der Waals surface area (Å²) in [5.74, 6) is 0.866. The summed E-state index contributed by atoms with van der Waals surface area (Å²) in [4.78, 5) is 5.32. The topological polar surface area (TPSA) is 22.8 Å². The van der Waals surface area contributed by atoms with Crippen molar-refractivity contribution < 1.29 is 0 Å². The molecule has 2 aromatic heterocycles. The second kappa shape index (κ2) is 10.2. The van der Waals surface area contributed by atoms with E-state index in [4.69, 9.17) is 16.6 Å². The molecule has 49 heavy (non-hydrogen) atoms. The summed E-state index contributed by atoms with van der Waals surface area (Å²) in [6, 6.07) is 50.0. The SMILES string of the molecule is Cc1cc(-n2c(-c3ccccc3)nc3c4ccccc4ccc32)c(Cl)c(-n2c3ccccc3c3cc4c(cc32)C(C)(C)c2ccccc2-4)c1. The summed E-state index contributed by atoms with van der Waals surface area (Å²) in [5.41, 5.74) is 13.5. The van der Waals surface area contributed by atoms with Crippen LogP contribution in [0.1, 0.15) is 30.5 Å². The first-order chi connectivity index (χ1) is 23.9. The van der Waals surface area contributed by atoms with Gasteiger partial charge < -0.3 is 4.57 Å². The molecule has 0 amide bonds. The van der Waals surface area contributed by atoms with Gasteiger partial charge in [-0.05, 0) is 76.5 Å². The Labute approximate surface area is 289 Å². The predicted octanol–water partition coefficient (Wildman–Crippen LogP) is 12.2. The van der Waals surface area contributed by atoms with Gasteiger partial charge in [0.2, 0.25) is 0 Å². The van der Waals surface area contributed by atoms with Crippen LogP contribution in [0.15, 0.2) is 140 Å². The molecule has 7 aromatic carbocycles. The molecule has 0 unspecified atom stereocenters. The summed E-state index contributed by atoms with van der Waals surface area (Å²) < 4.78 is 4.63. The molecule has 0 radical (unpaired) electrons. The van der Waals surface area contributed by atoms with Gasteiger partial charge in [-0.25, -0.2) is 4.98 Å². The Morgan fingerprint density at radius 1 is 0.551 bits per heavy atom. The van der Waals surface area contributed by atoms with Gasteiger partial charge in [0.05, 0.1) is 38.5 Å². The molecule has 234 valence electrons. The Kier molecular flexibility index (Phi) is 5.90. The van der Waals surface area contributed by atoms with Gasteiger partial charge >= 0.3 is 0 Å². The Morgan fingerprint density at radius 2 is 1.24 bits per heavy atom. The van der Waals surface area contributed by atoms with Crippen LogP contribution in [-0.4, -0.2) is 14.1 Å². The van der Waals surface area contributed by atoms with Crippen LogP contribution >= 0.6 is 11.6 Å². The van der Waals surface area contributed by atoms with Gasteiger partial charge in [-0.2, -0.15) is 0 Å². The number of hydrogen-bond donors (Lipinski definition) is 0. The van der Waals surface area contributed by atoms with E-state index in [1.54, 1.807) is 0 Å². The van der Waals surface area contributed by atoms with Crippen LogP contribution in [0.2, 0.25) is 5.02 Å². The van der Waals surface area contributed by atoms with E-state index >= 15 is 0 Å². The van der Waals surface area contributed by atoms with Gasteiger partial charge in [-0.15, -0.1) is 0 Å². The number of aromatic nitrogens is 3. The lowest BCUT2D eigenvalue weighted by Gasteiger charge is -2.22. The maximum Gasteiger partial charge on any atom is 0.145 e. The second-order valence-corrected chi connectivity index (χ2v) is 14.2. The van der Waals surface area contributed by atoms with Crippen molar-refractivity contribution >= 4 is 55.2 Å². The number of para-hydroxylation sites is 1. The molecule has 0 saturated carbocycles. The third kappa shape index (κ3) is 3.94. The number of fused-ring (bicyclic) bond motifs is 9. The van der Waals surface area contributed by atoms with E-state index in [0.29, 0.717) is 5.02 Å². The molecule has 0 bridgehead atoms. The number of halogens is 1. The average Bonchev–Trinajstić information content (AvgIpc) is 3.75. The first-order valence-electron chi connectivity index (χ1n) is 16.8. The van der Waals surface area contributed by atoms with Crippen molar-refractivity contribution in [2.75, 3.05) is 0 Å². The minimum atomic E-state index is -0.119. The van der Waals surface area contributed by atoms with Gasteiger partial charge in [0.25, 0.3) is 0 Å². The zero-order chi connectivity index (χ0) is 33.0. The first kappa shape index (κ1) is 28.4. The smallest absolute Gasteiger partial charge is 0.145 e. The molecule has 9 aromatic rings. The van der Waals surface area contributed by atoms with Crippen LogP contribution in [0.4, 0.5) is 0 Å². The van der Waals surface area contributed by atoms with Crippen LogP contribution in [0, 0.1) is 6.92 Å². The Bertz CT molecular complexity index is 2820. The van der Waals surface area contributed by atoms with E-state index in [2.05, 4.69) is 163 Å². The summed E-state index contributed by atoms with van der Waals surface area (Å²) >= 11 is 7.72. The molecule has 10 rings (SSSR count). The van der Waals surface area contributed by atoms with Crippen LogP contribution in [0.3, 0.4) is 0 Å². The van der Waals surface area contributed by atoms with E-state index in [0.717, 1.165) is 61.2 Å². The van der Waals surface area contributed by atoms with E-state index in [1.807, 2.05) is 6.07 Å². The number of rotatable bonds is 3. The zero-order valence-corrected chi connectivity index (χ0v) is 28.3. The molecule has 0 fully saturated rings. The summed E-state index contributed by atoms with van der Waals surface area (Å²) in [6.07, 6.45) is 0. The van der Waals surface area contributed by atoms with Crippen molar-refractivity contribution in [2.45, 2.75) is 26.2 Å². The number of imidazole rings is 1. The average molecular weight is 650 g/mol. The molecule has 0 atom stereocenters. The van der Waals surface area contributed by atoms with Crippen LogP contribution in [-0.2, 0) is 5.41 Å². The maximum atomic E-state index is 7.72. The monoisotopic (exact) mass is 649 g/mol. The van der Waals surface area contributed by atoms with Gasteiger partial charge in [0.15, 0.2) is 0 Å². The highest BCUT2D eigenvalue weighted by atomic mass is 35.5. The van der Waals surface area contributed by atoms with Crippen molar-refractivity contribution in [1.29, 1.82) is 0 Å². The summed E-state index contributed by atoms with van der Waals surface area (Å²) in [5, 5.41) is 5.41. The fraction of sp³-hybridized carbons (Fsp3) is 0.0889. The Morgan fingerprint density at radius 3 is 2.08 bits per heavy atom. The van der Waals surface area contributed by atoms with Crippen LogP contribution < -0.4 is 0 Å². The third-order valence-electron chi connectivity index (χ3n) is 10.6. The quantitative estimate of drug-likeness (QED) is 0.187. The van der Waals surface area contributed by atoms with Gasteiger partial charge in [0.1, 0.15) is 5.82 Å². The molecular formula is C45H32ClN3. The fourth-order valence-electron chi connectivity index (χ4n) is 8.32. The lowest BCUT2D eigenvalue weighted by molar-refractivity contribution is 0.661. The standard InChI is InChI=1S/C45H32ClN3/c1-27-23-40(48-37-20-12-10-18-32(37)34-25-33-31-17-9-11-19-35(31)45(2,3)36(33)26-39(34)48)42(46)41(24-27)49-38-22-21-28-13-7-8-16-30(28)43(38)47-44(49)29-14-5-4-6-15-29/h4-26H,1-3H3. The number of benzene rings is 7. The highest BCUT2D eigenvalue weighted by molar-refractivity contribution is 6.35. The molecule has 1 aliphatic carbocycles. The number of hydrogen-bond acceptors (Lipinski definition) is 1. The highest BCUT2D eigenvalue weighted by Gasteiger charge is 2.36. The lowest BCUT2D eigenvalue weighted by Crippen LogP contribution is -2.15. The first-order valence-corrected chi connectivity index (χ1v) is 17.2. The van der Waals surface area contributed by atoms with Crippen LogP contribution in [0.5, 0.6) is 0 Å². The molecule has 2 heterocycles. The lowest BCUT2D eigenvalue weighted by atomic mass is 9.82. The molecule has 0 N–H and O–H groups in total. The van der Waals surface area contributed by atoms with Gasteiger partial charge in [-0.3, -0.25) is 4.57 Å². The largest absolute Gasteiger partial charge is 0.308 e. The minimum Gasteiger partial charge on any atom is -0.308 e. The molecule has 4 heteroatoms. The van der Waals surface area contributed by atoms with Crippen molar-refractivity contribution in [3.05, 3.63) is 161 Å². The predicted molar refractivity (Wildman–Crippen MR) is 206 cm³/mol. The molecule has 0 aliphatic heterocycles. The second-order valence-electron chi connectivity index (χ2n) is 13.8. The van der Waals surface area contributed by atoms with Crippen LogP contribution in [0.25, 0.3) is 77.5 Å². The van der Waals surface area contributed by atoms with E-state index < -0.39 is 0 Å². The molecule has 1 aliphatic rings. The fourth-order valence-corrected chi connectivity index (χ4v) is 8.59. The van der Waals surface area contributed by atoms with E-state index in [1.165, 1.54) is 33.0 Å². The Hall–Kier alpha value is -5.64.